The molecular formula is C30H40N4O2. The lowest BCUT2D eigenvalue weighted by molar-refractivity contribution is -0.119. The average molecular weight is 489 g/mol. The molecule has 3 aliphatic rings. The topological polar surface area (TPSA) is 68.7 Å². The predicted molar refractivity (Wildman–Crippen MR) is 145 cm³/mol. The summed E-state index contributed by atoms with van der Waals surface area (Å²) in [5.74, 6) is 2.93. The van der Waals surface area contributed by atoms with Gasteiger partial charge in [0.1, 0.15) is 18.1 Å². The Balaban J connectivity index is 1.29. The Labute approximate surface area is 215 Å². The summed E-state index contributed by atoms with van der Waals surface area (Å²) < 4.78 is 5.54. The van der Waals surface area contributed by atoms with Crippen LogP contribution in [0.15, 0.2) is 42.5 Å². The molecule has 1 saturated heterocycles. The van der Waals surface area contributed by atoms with Gasteiger partial charge < -0.3 is 15.0 Å². The van der Waals surface area contributed by atoms with Crippen molar-refractivity contribution in [2.75, 3.05) is 38.7 Å². The molecule has 192 valence electrons. The zero-order valence-corrected chi connectivity index (χ0v) is 21.9. The van der Waals surface area contributed by atoms with Crippen LogP contribution in [-0.2, 0) is 11.2 Å². The van der Waals surface area contributed by atoms with Crippen molar-refractivity contribution in [1.82, 2.24) is 10.2 Å². The summed E-state index contributed by atoms with van der Waals surface area (Å²) in [4.78, 5) is 16.7. The zero-order chi connectivity index (χ0) is 25.2. The number of para-hydroxylation sites is 1. The second-order valence-electron chi connectivity index (χ2n) is 10.8. The Hall–Kier alpha value is -2.86. The first-order valence-electron chi connectivity index (χ1n) is 13.6. The number of carbonyl (C=O) groups excluding carboxylic acids is 1. The Morgan fingerprint density at radius 1 is 1.14 bits per heavy atom. The molecule has 3 unspecified atom stereocenters. The smallest absolute Gasteiger partial charge is 0.239 e. The van der Waals surface area contributed by atoms with Gasteiger partial charge in [0, 0.05) is 25.2 Å². The number of hydrogen-bond donors (Lipinski definition) is 2. The number of carbonyl (C=O) groups is 1. The molecule has 1 fully saturated rings. The molecular weight excluding hydrogens is 448 g/mol. The van der Waals surface area contributed by atoms with Gasteiger partial charge in [-0.3, -0.25) is 15.1 Å². The van der Waals surface area contributed by atoms with Crippen molar-refractivity contribution in [2.24, 2.45) is 11.8 Å². The fraction of sp³-hybridized carbons (Fsp3) is 0.533. The second kappa shape index (κ2) is 10.6. The number of nitrogens with one attached hydrogen (secondary N) is 2. The van der Waals surface area contributed by atoms with E-state index >= 15 is 0 Å². The summed E-state index contributed by atoms with van der Waals surface area (Å²) in [7, 11) is 3.41. The van der Waals surface area contributed by atoms with Gasteiger partial charge in [0.2, 0.25) is 5.91 Å². The van der Waals surface area contributed by atoms with Gasteiger partial charge >= 0.3 is 0 Å². The monoisotopic (exact) mass is 488 g/mol. The Kier molecular flexibility index (Phi) is 7.33. The predicted octanol–water partition coefficient (Wildman–Crippen LogP) is 5.14. The Morgan fingerprint density at radius 2 is 1.92 bits per heavy atom. The molecule has 0 radical (unpaired) electrons. The minimum absolute atomic E-state index is 0.0599. The highest BCUT2D eigenvalue weighted by molar-refractivity contribution is 6.03. The number of amidine groups is 1. The number of benzene rings is 2. The van der Waals surface area contributed by atoms with E-state index in [2.05, 4.69) is 53.5 Å². The van der Waals surface area contributed by atoms with E-state index in [1.54, 1.807) is 14.2 Å². The normalized spacial score (nSPS) is 23.5. The highest BCUT2D eigenvalue weighted by atomic mass is 16.5. The minimum atomic E-state index is -0.0599. The molecule has 36 heavy (non-hydrogen) atoms. The number of rotatable bonds is 6. The highest BCUT2D eigenvalue weighted by Crippen LogP contribution is 2.46. The van der Waals surface area contributed by atoms with Crippen LogP contribution in [0, 0.1) is 17.2 Å². The summed E-state index contributed by atoms with van der Waals surface area (Å²) in [5.41, 5.74) is 5.28. The van der Waals surface area contributed by atoms with Crippen molar-refractivity contribution >= 4 is 17.4 Å². The number of likely N-dealkylation sites (tertiary alicyclic amines) is 1. The van der Waals surface area contributed by atoms with Crippen molar-refractivity contribution in [3.8, 4) is 5.75 Å². The van der Waals surface area contributed by atoms with E-state index in [1.165, 1.54) is 48.8 Å². The highest BCUT2D eigenvalue weighted by Gasteiger charge is 2.38. The fourth-order valence-electron chi connectivity index (χ4n) is 6.84. The lowest BCUT2D eigenvalue weighted by Gasteiger charge is -2.44. The van der Waals surface area contributed by atoms with Crippen molar-refractivity contribution in [1.29, 1.82) is 5.41 Å². The van der Waals surface area contributed by atoms with E-state index in [0.29, 0.717) is 36.1 Å². The van der Waals surface area contributed by atoms with Gasteiger partial charge in [-0.25, -0.2) is 0 Å². The SMILES string of the molecule is CNC(=O)CN1C(=N)CC(C(C)C2CCN(C3CCCc4ccc(OC)cc43)CC2)c2ccccc21. The number of amides is 1. The second-order valence-corrected chi connectivity index (χ2v) is 10.8. The number of likely N-dealkylation sites (N-methyl/N-ethyl adjacent to an activating group) is 1. The molecule has 2 aliphatic heterocycles. The minimum Gasteiger partial charge on any atom is -0.497 e. The average Bonchev–Trinajstić information content (AvgIpc) is 2.93. The lowest BCUT2D eigenvalue weighted by atomic mass is 9.71. The van der Waals surface area contributed by atoms with Crippen LogP contribution in [0.5, 0.6) is 5.75 Å². The molecule has 0 bridgehead atoms. The van der Waals surface area contributed by atoms with Gasteiger partial charge in [0.05, 0.1) is 7.11 Å². The van der Waals surface area contributed by atoms with Crippen LogP contribution in [0.1, 0.15) is 67.7 Å². The Morgan fingerprint density at radius 3 is 2.67 bits per heavy atom. The van der Waals surface area contributed by atoms with Crippen molar-refractivity contribution in [3.05, 3.63) is 59.2 Å². The van der Waals surface area contributed by atoms with Crippen molar-refractivity contribution in [2.45, 2.75) is 57.4 Å². The van der Waals surface area contributed by atoms with E-state index in [-0.39, 0.29) is 12.5 Å². The van der Waals surface area contributed by atoms with Crippen LogP contribution in [0.25, 0.3) is 0 Å². The van der Waals surface area contributed by atoms with Crippen LogP contribution in [0.4, 0.5) is 5.69 Å². The Bertz CT molecular complexity index is 1110. The molecule has 0 aromatic heterocycles. The molecule has 3 atom stereocenters. The van der Waals surface area contributed by atoms with Crippen LogP contribution in [0.2, 0.25) is 0 Å². The van der Waals surface area contributed by atoms with Gasteiger partial charge in [-0.15, -0.1) is 0 Å². The number of anilines is 1. The van der Waals surface area contributed by atoms with E-state index in [0.717, 1.165) is 24.5 Å². The standard InChI is InChI=1S/C30H40N4O2/c1-20(25-18-29(31)34(19-30(35)32-2)28-9-5-4-8-24(25)28)21-13-15-33(16-14-21)27-10-6-7-22-11-12-23(36-3)17-26(22)27/h4-5,8-9,11-12,17,20-21,25,27,31H,6-7,10,13-16,18-19H2,1-3H3,(H,32,35). The third-order valence-corrected chi connectivity index (χ3v) is 8.98. The summed E-state index contributed by atoms with van der Waals surface area (Å²) >= 11 is 0. The molecule has 0 spiro atoms. The summed E-state index contributed by atoms with van der Waals surface area (Å²) in [5, 5.41) is 11.5. The maximum atomic E-state index is 12.1. The third kappa shape index (κ3) is 4.75. The van der Waals surface area contributed by atoms with E-state index in [1.807, 2.05) is 11.0 Å². The van der Waals surface area contributed by atoms with E-state index in [9.17, 15) is 4.79 Å². The first kappa shape index (κ1) is 24.8. The third-order valence-electron chi connectivity index (χ3n) is 8.98. The fourth-order valence-corrected chi connectivity index (χ4v) is 6.84. The quantitative estimate of drug-likeness (QED) is 0.591. The largest absolute Gasteiger partial charge is 0.497 e. The molecule has 2 aromatic rings. The molecule has 1 aliphatic carbocycles. The molecule has 0 saturated carbocycles. The molecule has 2 N–H and O–H groups in total. The summed E-state index contributed by atoms with van der Waals surface area (Å²) in [6.07, 6.45) is 6.76. The van der Waals surface area contributed by atoms with Crippen LogP contribution >= 0.6 is 0 Å². The molecule has 6 heteroatoms. The van der Waals surface area contributed by atoms with Gasteiger partial charge in [0.15, 0.2) is 0 Å². The molecule has 6 nitrogen and oxygen atoms in total. The van der Waals surface area contributed by atoms with Crippen molar-refractivity contribution < 1.29 is 9.53 Å². The molecule has 5 rings (SSSR count). The zero-order valence-electron chi connectivity index (χ0n) is 21.9. The van der Waals surface area contributed by atoms with Crippen molar-refractivity contribution in [3.63, 3.8) is 0 Å². The maximum Gasteiger partial charge on any atom is 0.239 e. The van der Waals surface area contributed by atoms with Gasteiger partial charge in [-0.05, 0) is 97.8 Å². The van der Waals surface area contributed by atoms with Gasteiger partial charge in [-0.2, -0.15) is 0 Å². The van der Waals surface area contributed by atoms with Crippen LogP contribution < -0.4 is 15.0 Å². The first-order chi connectivity index (χ1) is 17.5. The molecule has 2 aromatic carbocycles. The van der Waals surface area contributed by atoms with Gasteiger partial charge in [0.25, 0.3) is 0 Å². The van der Waals surface area contributed by atoms with Gasteiger partial charge in [-0.1, -0.05) is 31.2 Å². The number of aryl methyl sites for hydroxylation is 1. The number of hydrogen-bond acceptors (Lipinski definition) is 4. The lowest BCUT2D eigenvalue weighted by Crippen LogP contribution is -2.45. The number of fused-ring (bicyclic) bond motifs is 2. The van der Waals surface area contributed by atoms with Crippen LogP contribution in [0.3, 0.4) is 0 Å². The molecule has 1 amide bonds. The summed E-state index contributed by atoms with van der Waals surface area (Å²) in [6, 6.07) is 15.5. The van der Waals surface area contributed by atoms with Crippen LogP contribution in [-0.4, -0.2) is 50.4 Å². The number of nitrogens with zero attached hydrogens (tertiary/aromatic N) is 2. The number of methoxy groups -OCH3 is 1. The van der Waals surface area contributed by atoms with E-state index < -0.39 is 0 Å². The number of piperidine rings is 1. The first-order valence-corrected chi connectivity index (χ1v) is 13.6. The summed E-state index contributed by atoms with van der Waals surface area (Å²) in [6.45, 7) is 4.86. The van der Waals surface area contributed by atoms with E-state index in [4.69, 9.17) is 10.1 Å². The molecule has 2 heterocycles. The maximum absolute atomic E-state index is 12.1. The number of ether oxygens (including phenoxy) is 1.